The van der Waals surface area contributed by atoms with E-state index >= 15 is 0 Å². The molecular weight excluding hydrogens is 661 g/mol. The molecule has 2 heterocycles. The number of aromatic nitrogens is 2. The summed E-state index contributed by atoms with van der Waals surface area (Å²) in [5.74, 6) is 0.706. The van der Waals surface area contributed by atoms with E-state index in [4.69, 9.17) is 9.97 Å². The molecule has 2 nitrogen and oxygen atoms in total. The van der Waals surface area contributed by atoms with E-state index in [9.17, 15) is 0 Å². The maximum Gasteiger partial charge on any atom is 0.160 e. The van der Waals surface area contributed by atoms with Crippen LogP contribution in [-0.4, -0.2) is 9.97 Å². The number of rotatable bonds is 6. The molecule has 0 atom stereocenters. The van der Waals surface area contributed by atoms with E-state index in [1.54, 1.807) is 0 Å². The topological polar surface area (TPSA) is 25.8 Å². The Balaban J connectivity index is 1.17. The summed E-state index contributed by atoms with van der Waals surface area (Å²) in [6.45, 7) is 0. The van der Waals surface area contributed by atoms with Crippen molar-refractivity contribution in [3.8, 4) is 67.3 Å². The maximum atomic E-state index is 5.30. The molecule has 0 fully saturated rings. The molecule has 0 saturated carbocycles. The molecule has 3 heteroatoms. The van der Waals surface area contributed by atoms with E-state index in [0.717, 1.165) is 44.8 Å². The van der Waals surface area contributed by atoms with Gasteiger partial charge in [0, 0.05) is 36.9 Å². The lowest BCUT2D eigenvalue weighted by molar-refractivity contribution is 1.18. The van der Waals surface area contributed by atoms with Gasteiger partial charge in [-0.15, -0.1) is 11.3 Å². The molecule has 0 aliphatic heterocycles. The second-order valence-electron chi connectivity index (χ2n) is 13.4. The minimum atomic E-state index is 0.706. The van der Waals surface area contributed by atoms with Crippen molar-refractivity contribution in [2.45, 2.75) is 0 Å². The van der Waals surface area contributed by atoms with Gasteiger partial charge in [-0.2, -0.15) is 0 Å². The molecule has 0 unspecified atom stereocenters. The summed E-state index contributed by atoms with van der Waals surface area (Å²) in [4.78, 5) is 10.5. The molecule has 248 valence electrons. The highest BCUT2D eigenvalue weighted by Crippen LogP contribution is 2.39. The van der Waals surface area contributed by atoms with Crippen LogP contribution in [0, 0.1) is 0 Å². The van der Waals surface area contributed by atoms with Crippen LogP contribution in [-0.2, 0) is 0 Å². The van der Waals surface area contributed by atoms with Gasteiger partial charge < -0.3 is 0 Å². The first-order valence-corrected chi connectivity index (χ1v) is 18.7. The van der Waals surface area contributed by atoms with Gasteiger partial charge in [-0.3, -0.25) is 0 Å². The Morgan fingerprint density at radius 3 is 1.58 bits per heavy atom. The van der Waals surface area contributed by atoms with Gasteiger partial charge in [-0.05, 0) is 92.7 Å². The van der Waals surface area contributed by atoms with Crippen molar-refractivity contribution in [2.24, 2.45) is 0 Å². The summed E-state index contributed by atoms with van der Waals surface area (Å²) in [7, 11) is 0. The minimum absolute atomic E-state index is 0.706. The Morgan fingerprint density at radius 2 is 0.811 bits per heavy atom. The molecule has 0 amide bonds. The Hall–Kier alpha value is -6.68. The van der Waals surface area contributed by atoms with Crippen LogP contribution in [0.4, 0.5) is 0 Å². The number of thiophene rings is 1. The zero-order chi connectivity index (χ0) is 35.1. The zero-order valence-corrected chi connectivity index (χ0v) is 29.6. The lowest BCUT2D eigenvalue weighted by Gasteiger charge is -2.14. The molecule has 0 saturated heterocycles. The Morgan fingerprint density at radius 1 is 0.283 bits per heavy atom. The Kier molecular flexibility index (Phi) is 7.71. The van der Waals surface area contributed by atoms with E-state index in [0.29, 0.717) is 5.82 Å². The van der Waals surface area contributed by atoms with E-state index in [1.165, 1.54) is 47.6 Å². The van der Waals surface area contributed by atoms with Crippen LogP contribution in [0.25, 0.3) is 98.2 Å². The van der Waals surface area contributed by atoms with Crippen LogP contribution in [0.3, 0.4) is 0 Å². The maximum absolute atomic E-state index is 5.30. The summed E-state index contributed by atoms with van der Waals surface area (Å²) in [5.41, 5.74) is 11.9. The van der Waals surface area contributed by atoms with Gasteiger partial charge in [0.05, 0.1) is 11.4 Å². The normalized spacial score (nSPS) is 11.4. The molecule has 8 aromatic carbocycles. The van der Waals surface area contributed by atoms with Crippen molar-refractivity contribution in [2.75, 3.05) is 0 Å². The molecule has 10 aromatic rings. The third-order valence-electron chi connectivity index (χ3n) is 10.1. The van der Waals surface area contributed by atoms with Crippen LogP contribution < -0.4 is 0 Å². The SMILES string of the molecule is c1ccc(-c2ccc(-c3cc(-c4ccc5sc6ccccc6c5c4)cc(-c4cc(-c5ccccc5)nc(-c5ccc6ccccc6c5)n4)c3)cc2)cc1. The first-order chi connectivity index (χ1) is 26.2. The van der Waals surface area contributed by atoms with Crippen molar-refractivity contribution in [3.05, 3.63) is 194 Å². The first-order valence-electron chi connectivity index (χ1n) is 17.9. The van der Waals surface area contributed by atoms with Crippen molar-refractivity contribution < 1.29 is 0 Å². The fourth-order valence-electron chi connectivity index (χ4n) is 7.31. The lowest BCUT2D eigenvalue weighted by atomic mass is 9.93. The number of benzene rings is 8. The summed E-state index contributed by atoms with van der Waals surface area (Å²) in [6.07, 6.45) is 0. The summed E-state index contributed by atoms with van der Waals surface area (Å²) >= 11 is 1.85. The molecule has 0 bridgehead atoms. The third-order valence-corrected chi connectivity index (χ3v) is 11.2. The molecule has 0 spiro atoms. The van der Waals surface area contributed by atoms with Gasteiger partial charge >= 0.3 is 0 Å². The molecule has 0 aliphatic rings. The molecule has 0 aliphatic carbocycles. The van der Waals surface area contributed by atoms with Gasteiger partial charge in [-0.25, -0.2) is 9.97 Å². The number of hydrogen-bond acceptors (Lipinski definition) is 3. The molecule has 2 aromatic heterocycles. The monoisotopic (exact) mass is 692 g/mol. The first kappa shape index (κ1) is 31.1. The zero-order valence-electron chi connectivity index (χ0n) is 28.8. The summed E-state index contributed by atoms with van der Waals surface area (Å²) in [6, 6.07) is 69.4. The van der Waals surface area contributed by atoms with Crippen LogP contribution in [0.2, 0.25) is 0 Å². The van der Waals surface area contributed by atoms with E-state index in [-0.39, 0.29) is 0 Å². The number of fused-ring (bicyclic) bond motifs is 4. The molecule has 53 heavy (non-hydrogen) atoms. The molecule has 0 N–H and O–H groups in total. The number of nitrogens with zero attached hydrogens (tertiary/aromatic N) is 2. The van der Waals surface area contributed by atoms with Crippen LogP contribution in [0.1, 0.15) is 0 Å². The average molecular weight is 693 g/mol. The van der Waals surface area contributed by atoms with Crippen LogP contribution >= 0.6 is 11.3 Å². The van der Waals surface area contributed by atoms with Crippen molar-refractivity contribution in [1.82, 2.24) is 9.97 Å². The fraction of sp³-hybridized carbons (Fsp3) is 0. The van der Waals surface area contributed by atoms with E-state index in [2.05, 4.69) is 188 Å². The molecular formula is C50H32N2S. The van der Waals surface area contributed by atoms with Gasteiger partial charge in [-0.1, -0.05) is 146 Å². The highest BCUT2D eigenvalue weighted by atomic mass is 32.1. The fourth-order valence-corrected chi connectivity index (χ4v) is 8.40. The van der Waals surface area contributed by atoms with E-state index < -0.39 is 0 Å². The molecule has 0 radical (unpaired) electrons. The smallest absolute Gasteiger partial charge is 0.160 e. The average Bonchev–Trinajstić information content (AvgIpc) is 3.62. The predicted molar refractivity (Wildman–Crippen MR) is 225 cm³/mol. The van der Waals surface area contributed by atoms with E-state index in [1.807, 2.05) is 17.4 Å². The van der Waals surface area contributed by atoms with Gasteiger partial charge in [0.25, 0.3) is 0 Å². The van der Waals surface area contributed by atoms with Gasteiger partial charge in [0.1, 0.15) is 0 Å². The van der Waals surface area contributed by atoms with Crippen molar-refractivity contribution in [3.63, 3.8) is 0 Å². The van der Waals surface area contributed by atoms with Crippen molar-refractivity contribution in [1.29, 1.82) is 0 Å². The highest BCUT2D eigenvalue weighted by Gasteiger charge is 2.15. The predicted octanol–water partition coefficient (Wildman–Crippen LogP) is 14.0. The second-order valence-corrected chi connectivity index (χ2v) is 14.5. The van der Waals surface area contributed by atoms with Gasteiger partial charge in [0.15, 0.2) is 5.82 Å². The quantitative estimate of drug-likeness (QED) is 0.173. The molecule has 10 rings (SSSR count). The standard InChI is InChI=1S/C50H32N2S/c1-3-11-33(12-4-1)35-19-21-36(22-20-35)41-28-42(39-25-26-49-45(31-39)44-17-9-10-18-48(44)53-49)30-43(29-41)47-32-46(37-14-5-2-6-15-37)51-50(52-47)40-24-23-34-13-7-8-16-38(34)27-40/h1-32H. The Labute approximate surface area is 312 Å². The second kappa shape index (κ2) is 13.1. The summed E-state index contributed by atoms with van der Waals surface area (Å²) in [5, 5.41) is 4.95. The van der Waals surface area contributed by atoms with Crippen LogP contribution in [0.15, 0.2) is 194 Å². The lowest BCUT2D eigenvalue weighted by Crippen LogP contribution is -1.96. The van der Waals surface area contributed by atoms with Crippen molar-refractivity contribution >= 4 is 42.3 Å². The Bertz CT molecular complexity index is 2930. The highest BCUT2D eigenvalue weighted by molar-refractivity contribution is 7.25. The number of hydrogen-bond donors (Lipinski definition) is 0. The van der Waals surface area contributed by atoms with Gasteiger partial charge in [0.2, 0.25) is 0 Å². The minimum Gasteiger partial charge on any atom is -0.228 e. The third kappa shape index (κ3) is 5.97. The largest absolute Gasteiger partial charge is 0.228 e. The van der Waals surface area contributed by atoms with Crippen LogP contribution in [0.5, 0.6) is 0 Å². The summed E-state index contributed by atoms with van der Waals surface area (Å²) < 4.78 is 2.61.